The predicted molar refractivity (Wildman–Crippen MR) is 119 cm³/mol. The van der Waals surface area contributed by atoms with Crippen LogP contribution in [0.5, 0.6) is 11.5 Å². The molecule has 2 amide bonds. The number of rotatable bonds is 8. The summed E-state index contributed by atoms with van der Waals surface area (Å²) in [5, 5.41) is 15.1. The van der Waals surface area contributed by atoms with Gasteiger partial charge in [-0.3, -0.25) is 9.59 Å². The Bertz CT molecular complexity index is 958. The third-order valence-electron chi connectivity index (χ3n) is 4.21. The predicted octanol–water partition coefficient (Wildman–Crippen LogP) is 3.78. The molecular formula is C22H23Cl2FN2O5. The summed E-state index contributed by atoms with van der Waals surface area (Å²) in [5.74, 6) is -0.0844. The van der Waals surface area contributed by atoms with Crippen molar-refractivity contribution < 1.29 is 28.6 Å². The van der Waals surface area contributed by atoms with Crippen LogP contribution < -0.4 is 20.1 Å². The van der Waals surface area contributed by atoms with Crippen molar-refractivity contribution in [2.24, 2.45) is 0 Å². The van der Waals surface area contributed by atoms with E-state index in [2.05, 4.69) is 17.2 Å². The minimum absolute atomic E-state index is 0.0159. The summed E-state index contributed by atoms with van der Waals surface area (Å²) in [6.07, 6.45) is 1.20. The summed E-state index contributed by atoms with van der Waals surface area (Å²) in [7, 11) is 0. The molecule has 1 heterocycles. The van der Waals surface area contributed by atoms with E-state index in [9.17, 15) is 19.1 Å². The SMILES string of the molecule is C=C(CCNC=O)NC(=O)COc1ccc(Cl)c(F)c1.OC1CCOc2ccc(Cl)cc21. The highest BCUT2D eigenvalue weighted by atomic mass is 35.5. The van der Waals surface area contributed by atoms with Crippen molar-refractivity contribution in [1.82, 2.24) is 10.6 Å². The number of carbonyl (C=O) groups is 2. The van der Waals surface area contributed by atoms with E-state index >= 15 is 0 Å². The van der Waals surface area contributed by atoms with Gasteiger partial charge >= 0.3 is 0 Å². The van der Waals surface area contributed by atoms with Crippen molar-refractivity contribution in [2.45, 2.75) is 18.9 Å². The summed E-state index contributed by atoms with van der Waals surface area (Å²) in [6.45, 7) is 4.31. The number of nitrogens with one attached hydrogen (secondary N) is 2. The summed E-state index contributed by atoms with van der Waals surface area (Å²) in [4.78, 5) is 21.5. The molecule has 32 heavy (non-hydrogen) atoms. The summed E-state index contributed by atoms with van der Waals surface area (Å²) in [5.41, 5.74) is 1.25. The number of fused-ring (bicyclic) bond motifs is 1. The Balaban J connectivity index is 0.000000255. The number of amides is 2. The number of benzene rings is 2. The van der Waals surface area contributed by atoms with E-state index in [1.54, 1.807) is 18.2 Å². The Morgan fingerprint density at radius 2 is 2.09 bits per heavy atom. The van der Waals surface area contributed by atoms with E-state index in [-0.39, 0.29) is 17.4 Å². The third kappa shape index (κ3) is 8.37. The third-order valence-corrected chi connectivity index (χ3v) is 4.75. The lowest BCUT2D eigenvalue weighted by molar-refractivity contribution is -0.122. The average Bonchev–Trinajstić information content (AvgIpc) is 2.76. The van der Waals surface area contributed by atoms with Gasteiger partial charge in [-0.2, -0.15) is 0 Å². The topological polar surface area (TPSA) is 96.9 Å². The maximum Gasteiger partial charge on any atom is 0.262 e. The molecular weight excluding hydrogens is 462 g/mol. The number of carbonyl (C=O) groups excluding carboxylic acids is 2. The van der Waals surface area contributed by atoms with Gasteiger partial charge in [0.2, 0.25) is 6.41 Å². The van der Waals surface area contributed by atoms with Crippen molar-refractivity contribution >= 4 is 35.5 Å². The van der Waals surface area contributed by atoms with Gasteiger partial charge < -0.3 is 25.2 Å². The van der Waals surface area contributed by atoms with Crippen LogP contribution in [-0.2, 0) is 9.59 Å². The van der Waals surface area contributed by atoms with Crippen LogP contribution in [0, 0.1) is 5.82 Å². The molecule has 1 aliphatic heterocycles. The monoisotopic (exact) mass is 484 g/mol. The van der Waals surface area contributed by atoms with E-state index in [0.717, 1.165) is 17.4 Å². The molecule has 1 aliphatic rings. The molecule has 0 aromatic heterocycles. The quantitative estimate of drug-likeness (QED) is 0.391. The van der Waals surface area contributed by atoms with Gasteiger partial charge in [-0.1, -0.05) is 29.8 Å². The van der Waals surface area contributed by atoms with E-state index in [1.807, 2.05) is 0 Å². The average molecular weight is 485 g/mol. The first-order valence-electron chi connectivity index (χ1n) is 9.63. The van der Waals surface area contributed by atoms with Gasteiger partial charge in [0.15, 0.2) is 6.61 Å². The molecule has 10 heteroatoms. The van der Waals surface area contributed by atoms with Gasteiger partial charge in [0.1, 0.15) is 17.3 Å². The summed E-state index contributed by atoms with van der Waals surface area (Å²) in [6, 6.07) is 9.20. The first-order chi connectivity index (χ1) is 15.3. The minimum atomic E-state index is -0.617. The molecule has 3 N–H and O–H groups in total. The largest absolute Gasteiger partial charge is 0.493 e. The van der Waals surface area contributed by atoms with Crippen molar-refractivity contribution in [3.63, 3.8) is 0 Å². The lowest BCUT2D eigenvalue weighted by Gasteiger charge is -2.21. The van der Waals surface area contributed by atoms with Crippen LogP contribution in [0.2, 0.25) is 10.0 Å². The first-order valence-corrected chi connectivity index (χ1v) is 10.4. The van der Waals surface area contributed by atoms with E-state index in [4.69, 9.17) is 32.7 Å². The van der Waals surface area contributed by atoms with Crippen molar-refractivity contribution in [1.29, 1.82) is 0 Å². The highest BCUT2D eigenvalue weighted by Gasteiger charge is 2.18. The number of hydrogen-bond acceptors (Lipinski definition) is 5. The minimum Gasteiger partial charge on any atom is -0.493 e. The zero-order chi connectivity index (χ0) is 23.5. The molecule has 0 bridgehead atoms. The fourth-order valence-electron chi connectivity index (χ4n) is 2.64. The van der Waals surface area contributed by atoms with E-state index in [1.165, 1.54) is 12.1 Å². The number of ether oxygens (including phenoxy) is 2. The normalized spacial score (nSPS) is 14.1. The van der Waals surface area contributed by atoms with Crippen LogP contribution >= 0.6 is 23.2 Å². The second-order valence-corrected chi connectivity index (χ2v) is 7.52. The van der Waals surface area contributed by atoms with Gasteiger partial charge in [-0.25, -0.2) is 4.39 Å². The van der Waals surface area contributed by atoms with Crippen molar-refractivity contribution in [3.05, 3.63) is 70.1 Å². The molecule has 3 rings (SSSR count). The van der Waals surface area contributed by atoms with E-state index < -0.39 is 17.8 Å². The van der Waals surface area contributed by atoms with Crippen LogP contribution in [0.3, 0.4) is 0 Å². The second kappa shape index (κ2) is 12.9. The van der Waals surface area contributed by atoms with Crippen LogP contribution in [-0.4, -0.2) is 37.2 Å². The number of halogens is 3. The van der Waals surface area contributed by atoms with Gasteiger partial charge in [-0.15, -0.1) is 0 Å². The van der Waals surface area contributed by atoms with Crippen molar-refractivity contribution in [2.75, 3.05) is 19.8 Å². The molecule has 0 radical (unpaired) electrons. The number of aliphatic hydroxyl groups is 1. The second-order valence-electron chi connectivity index (χ2n) is 6.67. The maximum atomic E-state index is 13.1. The molecule has 0 spiro atoms. The van der Waals surface area contributed by atoms with Gasteiger partial charge in [0.25, 0.3) is 5.91 Å². The fraction of sp³-hybridized carbons (Fsp3) is 0.273. The molecule has 0 aliphatic carbocycles. The van der Waals surface area contributed by atoms with Gasteiger partial charge in [-0.05, 0) is 30.3 Å². The van der Waals surface area contributed by atoms with Crippen LogP contribution in [0.1, 0.15) is 24.5 Å². The summed E-state index contributed by atoms with van der Waals surface area (Å²) < 4.78 is 23.6. The zero-order valence-corrected chi connectivity index (χ0v) is 18.6. The van der Waals surface area contributed by atoms with Crippen LogP contribution in [0.25, 0.3) is 0 Å². The molecule has 1 unspecified atom stereocenters. The summed E-state index contributed by atoms with van der Waals surface area (Å²) >= 11 is 11.3. The molecule has 0 fully saturated rings. The molecule has 1 atom stereocenters. The van der Waals surface area contributed by atoms with Gasteiger partial charge in [0, 0.05) is 41.7 Å². The molecule has 2 aromatic carbocycles. The standard InChI is InChI=1S/C13H14ClFN2O3.C9H9ClO2/c1-9(4-5-16-8-18)17-13(19)7-20-10-2-3-11(14)12(15)6-10;10-6-1-2-9-7(5-6)8(11)3-4-12-9/h2-3,6,8H,1,4-5,7H2,(H,16,18)(H,17,19);1-2,5,8,11H,3-4H2. The number of aliphatic hydroxyl groups excluding tert-OH is 1. The fourth-order valence-corrected chi connectivity index (χ4v) is 2.94. The molecule has 2 aromatic rings. The smallest absolute Gasteiger partial charge is 0.262 e. The highest BCUT2D eigenvalue weighted by molar-refractivity contribution is 6.31. The van der Waals surface area contributed by atoms with E-state index in [0.29, 0.717) is 43.1 Å². The Hall–Kier alpha value is -2.81. The molecule has 7 nitrogen and oxygen atoms in total. The Kier molecular flexibility index (Phi) is 10.3. The van der Waals surface area contributed by atoms with Crippen LogP contribution in [0.4, 0.5) is 4.39 Å². The van der Waals surface area contributed by atoms with Crippen LogP contribution in [0.15, 0.2) is 48.7 Å². The zero-order valence-electron chi connectivity index (χ0n) is 17.1. The lowest BCUT2D eigenvalue weighted by Crippen LogP contribution is -2.29. The molecule has 172 valence electrons. The Morgan fingerprint density at radius 1 is 1.31 bits per heavy atom. The Morgan fingerprint density at radius 3 is 2.81 bits per heavy atom. The number of hydrogen-bond donors (Lipinski definition) is 3. The molecule has 0 saturated heterocycles. The highest BCUT2D eigenvalue weighted by Crippen LogP contribution is 2.33. The van der Waals surface area contributed by atoms with Gasteiger partial charge in [0.05, 0.1) is 17.7 Å². The maximum absolute atomic E-state index is 13.1. The lowest BCUT2D eigenvalue weighted by atomic mass is 10.0. The Labute approximate surface area is 195 Å². The molecule has 0 saturated carbocycles. The van der Waals surface area contributed by atoms with Crippen molar-refractivity contribution in [3.8, 4) is 11.5 Å². The first kappa shape index (κ1) is 25.5.